The quantitative estimate of drug-likeness (QED) is 0.547. The van der Waals surface area contributed by atoms with Gasteiger partial charge in [0.15, 0.2) is 0 Å². The lowest BCUT2D eigenvalue weighted by molar-refractivity contribution is -0.108. The van der Waals surface area contributed by atoms with Gasteiger partial charge in [0, 0.05) is 19.3 Å². The molecule has 0 saturated heterocycles. The zero-order chi connectivity index (χ0) is 7.61. The molecule has 0 heterocycles. The minimum absolute atomic E-state index is 0.0362. The zero-order valence-electron chi connectivity index (χ0n) is 5.65. The summed E-state index contributed by atoms with van der Waals surface area (Å²) in [6.07, 6.45) is 1.41. The van der Waals surface area contributed by atoms with Gasteiger partial charge in [0.05, 0.1) is 0 Å². The van der Waals surface area contributed by atoms with Crippen molar-refractivity contribution in [2.45, 2.75) is 31.6 Å². The van der Waals surface area contributed by atoms with Gasteiger partial charge in [-0.15, -0.1) is 0 Å². The number of carbonyl (C=O) groups is 1. The first-order valence-electron chi connectivity index (χ1n) is 3.45. The third-order valence-corrected chi connectivity index (χ3v) is 1.94. The molecule has 1 atom stereocenters. The van der Waals surface area contributed by atoms with Crippen molar-refractivity contribution in [3.8, 4) is 0 Å². The van der Waals surface area contributed by atoms with Crippen LogP contribution in [0.5, 0.6) is 0 Å². The molecule has 0 spiro atoms. The van der Waals surface area contributed by atoms with Crippen molar-refractivity contribution in [1.82, 2.24) is 0 Å². The van der Waals surface area contributed by atoms with Crippen LogP contribution >= 0.6 is 0 Å². The van der Waals surface area contributed by atoms with Gasteiger partial charge in [-0.05, 0) is 12.3 Å². The maximum absolute atomic E-state index is 12.4. The lowest BCUT2D eigenvalue weighted by Gasteiger charge is -2.06. The molecule has 58 valence electrons. The first-order valence-corrected chi connectivity index (χ1v) is 3.45. The summed E-state index contributed by atoms with van der Waals surface area (Å²) in [4.78, 5) is 9.93. The lowest BCUT2D eigenvalue weighted by atomic mass is 10.1. The molecule has 3 heteroatoms. The molecule has 1 fully saturated rings. The summed E-state index contributed by atoms with van der Waals surface area (Å²) < 4.78 is 24.8. The standard InChI is InChI=1S/C7H10F2O/c8-7(9)3-1-6(5-7)2-4-10/h4,6H,1-3,5H2. The minimum Gasteiger partial charge on any atom is -0.303 e. The molecule has 0 amide bonds. The number of hydrogen-bond donors (Lipinski definition) is 0. The van der Waals surface area contributed by atoms with E-state index in [9.17, 15) is 13.6 Å². The molecule has 1 nitrogen and oxygen atoms in total. The average molecular weight is 148 g/mol. The number of alkyl halides is 2. The molecule has 0 aromatic heterocycles. The Morgan fingerprint density at radius 2 is 2.30 bits per heavy atom. The summed E-state index contributed by atoms with van der Waals surface area (Å²) in [5.74, 6) is -2.55. The van der Waals surface area contributed by atoms with Crippen LogP contribution in [0.25, 0.3) is 0 Å². The van der Waals surface area contributed by atoms with Crippen molar-refractivity contribution in [2.24, 2.45) is 5.92 Å². The monoisotopic (exact) mass is 148 g/mol. The maximum Gasteiger partial charge on any atom is 0.248 e. The highest BCUT2D eigenvalue weighted by molar-refractivity contribution is 5.49. The summed E-state index contributed by atoms with van der Waals surface area (Å²) in [5.41, 5.74) is 0. The van der Waals surface area contributed by atoms with Gasteiger partial charge in [0.2, 0.25) is 5.92 Å². The van der Waals surface area contributed by atoms with Gasteiger partial charge in [-0.2, -0.15) is 0 Å². The molecule has 0 N–H and O–H groups in total. The molecule has 1 saturated carbocycles. The van der Waals surface area contributed by atoms with Crippen molar-refractivity contribution in [3.63, 3.8) is 0 Å². The van der Waals surface area contributed by atoms with E-state index >= 15 is 0 Å². The molecule has 0 aromatic carbocycles. The SMILES string of the molecule is O=CCC1CCC(F)(F)C1. The summed E-state index contributed by atoms with van der Waals surface area (Å²) in [5, 5.41) is 0. The summed E-state index contributed by atoms with van der Waals surface area (Å²) in [6.45, 7) is 0. The van der Waals surface area contributed by atoms with Crippen LogP contribution in [-0.2, 0) is 4.79 Å². The fraction of sp³-hybridized carbons (Fsp3) is 0.857. The summed E-state index contributed by atoms with van der Waals surface area (Å²) >= 11 is 0. The van der Waals surface area contributed by atoms with E-state index in [1.807, 2.05) is 0 Å². The smallest absolute Gasteiger partial charge is 0.248 e. The second kappa shape index (κ2) is 2.64. The van der Waals surface area contributed by atoms with Crippen LogP contribution in [0.15, 0.2) is 0 Å². The van der Waals surface area contributed by atoms with E-state index in [1.165, 1.54) is 0 Å². The van der Waals surface area contributed by atoms with Crippen LogP contribution in [0.2, 0.25) is 0 Å². The number of rotatable bonds is 2. The highest BCUT2D eigenvalue weighted by Crippen LogP contribution is 2.39. The first kappa shape index (κ1) is 7.63. The normalized spacial score (nSPS) is 30.4. The van der Waals surface area contributed by atoms with Gasteiger partial charge in [-0.1, -0.05) is 0 Å². The van der Waals surface area contributed by atoms with Crippen molar-refractivity contribution in [3.05, 3.63) is 0 Å². The van der Waals surface area contributed by atoms with Crippen LogP contribution in [0.1, 0.15) is 25.7 Å². The van der Waals surface area contributed by atoms with Gasteiger partial charge in [0.25, 0.3) is 0 Å². The second-order valence-corrected chi connectivity index (χ2v) is 2.87. The first-order chi connectivity index (χ1) is 4.64. The zero-order valence-corrected chi connectivity index (χ0v) is 5.65. The highest BCUT2D eigenvalue weighted by Gasteiger charge is 2.38. The predicted octanol–water partition coefficient (Wildman–Crippen LogP) is 2.01. The van der Waals surface area contributed by atoms with E-state index in [0.29, 0.717) is 12.8 Å². The average Bonchev–Trinajstić information content (AvgIpc) is 2.12. The Hall–Kier alpha value is -0.470. The van der Waals surface area contributed by atoms with Crippen LogP contribution in [0, 0.1) is 5.92 Å². The van der Waals surface area contributed by atoms with Crippen molar-refractivity contribution in [1.29, 1.82) is 0 Å². The molecule has 1 unspecified atom stereocenters. The summed E-state index contributed by atoms with van der Waals surface area (Å²) in [6, 6.07) is 0. The van der Waals surface area contributed by atoms with Crippen molar-refractivity contribution in [2.75, 3.05) is 0 Å². The molecule has 0 aliphatic heterocycles. The molecule has 0 radical (unpaired) electrons. The second-order valence-electron chi connectivity index (χ2n) is 2.87. The van der Waals surface area contributed by atoms with E-state index < -0.39 is 5.92 Å². The molecular weight excluding hydrogens is 138 g/mol. The van der Waals surface area contributed by atoms with Crippen LogP contribution in [0.3, 0.4) is 0 Å². The molecule has 10 heavy (non-hydrogen) atoms. The predicted molar refractivity (Wildman–Crippen MR) is 33.0 cm³/mol. The molecule has 0 aromatic rings. The van der Waals surface area contributed by atoms with E-state index in [1.54, 1.807) is 0 Å². The van der Waals surface area contributed by atoms with E-state index in [2.05, 4.69) is 0 Å². The molecule has 0 bridgehead atoms. The van der Waals surface area contributed by atoms with Gasteiger partial charge in [0.1, 0.15) is 6.29 Å². The lowest BCUT2D eigenvalue weighted by Crippen LogP contribution is -2.09. The molecule has 1 aliphatic rings. The van der Waals surface area contributed by atoms with Gasteiger partial charge >= 0.3 is 0 Å². The number of carbonyl (C=O) groups excluding carboxylic acids is 1. The van der Waals surface area contributed by atoms with Crippen LogP contribution in [0.4, 0.5) is 8.78 Å². The highest BCUT2D eigenvalue weighted by atomic mass is 19.3. The molecule has 1 rings (SSSR count). The topological polar surface area (TPSA) is 17.1 Å². The van der Waals surface area contributed by atoms with Gasteiger partial charge < -0.3 is 4.79 Å². The van der Waals surface area contributed by atoms with Crippen LogP contribution < -0.4 is 0 Å². The number of halogens is 2. The van der Waals surface area contributed by atoms with Gasteiger partial charge in [-0.3, -0.25) is 0 Å². The van der Waals surface area contributed by atoms with Gasteiger partial charge in [-0.25, -0.2) is 8.78 Å². The summed E-state index contributed by atoms with van der Waals surface area (Å²) in [7, 11) is 0. The molecule has 1 aliphatic carbocycles. The third-order valence-electron chi connectivity index (χ3n) is 1.94. The van der Waals surface area contributed by atoms with Crippen molar-refractivity contribution < 1.29 is 13.6 Å². The van der Waals surface area contributed by atoms with E-state index in [-0.39, 0.29) is 18.8 Å². The Morgan fingerprint density at radius 1 is 1.60 bits per heavy atom. The van der Waals surface area contributed by atoms with Crippen LogP contribution in [-0.4, -0.2) is 12.2 Å². The Labute approximate surface area is 58.4 Å². The van der Waals surface area contributed by atoms with Crippen molar-refractivity contribution >= 4 is 6.29 Å². The van der Waals surface area contributed by atoms with E-state index in [4.69, 9.17) is 0 Å². The Morgan fingerprint density at radius 3 is 2.70 bits per heavy atom. The largest absolute Gasteiger partial charge is 0.303 e. The van der Waals surface area contributed by atoms with E-state index in [0.717, 1.165) is 6.29 Å². The third kappa shape index (κ3) is 1.75. The fourth-order valence-electron chi connectivity index (χ4n) is 1.38. The Balaban J connectivity index is 2.35. The number of hydrogen-bond acceptors (Lipinski definition) is 1. The minimum atomic E-state index is -2.49. The Kier molecular flexibility index (Phi) is 2.02. The maximum atomic E-state index is 12.4. The Bertz CT molecular complexity index is 134. The fourth-order valence-corrected chi connectivity index (χ4v) is 1.38. The number of aldehydes is 1. The molecular formula is C7H10F2O.